The van der Waals surface area contributed by atoms with Crippen molar-refractivity contribution in [3.05, 3.63) is 83.9 Å². The minimum atomic E-state index is -0.692. The van der Waals surface area contributed by atoms with E-state index < -0.39 is 36.5 Å². The summed E-state index contributed by atoms with van der Waals surface area (Å²) in [6.07, 6.45) is 4.39. The molecule has 4 aliphatic carbocycles. The van der Waals surface area contributed by atoms with Crippen LogP contribution in [-0.4, -0.2) is 133 Å². The molecular formula is C79H127N3O21. The number of hydrogen-bond acceptors (Lipinski definition) is 21. The van der Waals surface area contributed by atoms with Crippen molar-refractivity contribution in [2.24, 2.45) is 94.7 Å². The molecule has 3 aliphatic heterocycles. The monoisotopic (exact) mass is 1450 g/mol. The van der Waals surface area contributed by atoms with Crippen LogP contribution >= 0.6 is 0 Å². The normalized spacial score (nSPS) is 25.7. The molecule has 10 rings (SSSR count). The van der Waals surface area contributed by atoms with Gasteiger partial charge in [0.1, 0.15) is 5.75 Å². The Balaban J connectivity index is -0.000000383. The van der Waals surface area contributed by atoms with Gasteiger partial charge in [0.25, 0.3) is 0 Å². The molecule has 0 radical (unpaired) electrons. The van der Waals surface area contributed by atoms with Gasteiger partial charge in [0.15, 0.2) is 19.8 Å². The average molecular weight is 1450 g/mol. The zero-order valence-electron chi connectivity index (χ0n) is 55.5. The molecule has 3 aromatic rings. The number of fused-ring (bicyclic) bond motifs is 4. The van der Waals surface area contributed by atoms with Gasteiger partial charge in [0.2, 0.25) is 35.4 Å². The summed E-state index contributed by atoms with van der Waals surface area (Å²) >= 11 is 0. The highest BCUT2D eigenvalue weighted by molar-refractivity contribution is 6.23. The third kappa shape index (κ3) is 23.3. The second-order valence-corrected chi connectivity index (χ2v) is 25.0. The molecule has 7 aliphatic rings. The van der Waals surface area contributed by atoms with Crippen molar-refractivity contribution in [3.8, 4) is 5.75 Å². The summed E-state index contributed by atoms with van der Waals surface area (Å²) in [6.45, 7) is 18.6. The van der Waals surface area contributed by atoms with Crippen LogP contribution < -0.4 is 19.4 Å². The number of carbonyl (C=O) groups is 13. The number of carbonyl (C=O) groups excluding carboxylic acids is 13. The number of imide groups is 3. The van der Waals surface area contributed by atoms with E-state index in [0.717, 1.165) is 36.0 Å². The van der Waals surface area contributed by atoms with Gasteiger partial charge in [0, 0.05) is 35.5 Å². The lowest BCUT2D eigenvalue weighted by Gasteiger charge is -2.30. The lowest BCUT2D eigenvalue weighted by molar-refractivity contribution is -0.161. The van der Waals surface area contributed by atoms with Crippen molar-refractivity contribution in [3.63, 3.8) is 0 Å². The molecule has 16 atom stereocenters. The van der Waals surface area contributed by atoms with Gasteiger partial charge in [0.05, 0.1) is 75.6 Å². The minimum Gasteiger partial charge on any atom is -0.482 e. The van der Waals surface area contributed by atoms with E-state index in [1.165, 1.54) is 88.2 Å². The van der Waals surface area contributed by atoms with Crippen LogP contribution in [0.3, 0.4) is 0 Å². The molecule has 6 amide bonds. The number of benzene rings is 3. The predicted octanol–water partition coefficient (Wildman–Crippen LogP) is 14.2. The molecule has 3 saturated heterocycles. The van der Waals surface area contributed by atoms with Crippen LogP contribution in [0.25, 0.3) is 0 Å². The average Bonchev–Trinajstić information content (AvgIpc) is 1.64. The third-order valence-electron chi connectivity index (χ3n) is 20.2. The minimum absolute atomic E-state index is 0. The Morgan fingerprint density at radius 1 is 0.330 bits per heavy atom. The summed E-state index contributed by atoms with van der Waals surface area (Å²) in [5.41, 5.74) is 1.98. The first-order chi connectivity index (χ1) is 44.0. The highest BCUT2D eigenvalue weighted by Crippen LogP contribution is 2.56. The Morgan fingerprint density at radius 3 is 0.893 bits per heavy atom. The van der Waals surface area contributed by atoms with Crippen LogP contribution in [0.5, 0.6) is 5.75 Å². The van der Waals surface area contributed by atoms with Crippen molar-refractivity contribution >= 4 is 94.3 Å². The molecule has 584 valence electrons. The second kappa shape index (κ2) is 45.3. The Kier molecular flexibility index (Phi) is 45.2. The van der Waals surface area contributed by atoms with Crippen LogP contribution in [0, 0.1) is 94.7 Å². The van der Waals surface area contributed by atoms with E-state index in [2.05, 4.69) is 46.6 Å². The maximum absolute atomic E-state index is 12.1. The van der Waals surface area contributed by atoms with Crippen molar-refractivity contribution in [2.45, 2.75) is 169 Å². The molecule has 103 heavy (non-hydrogen) atoms. The van der Waals surface area contributed by atoms with Crippen LogP contribution in [0.4, 0.5) is 17.1 Å². The topological polar surface area (TPSA) is 305 Å². The van der Waals surface area contributed by atoms with Gasteiger partial charge < -0.3 is 37.9 Å². The van der Waals surface area contributed by atoms with E-state index in [0.29, 0.717) is 63.9 Å². The SMILES string of the molecule is C.C.C.C.C.C.C.C.C.C.COC(=O)C1CC2CC1C(C)C2C.COC(=O)COC(=O)C1CC2CC1C(C)C2C.COC(=O)COC(=O)c1ccc(N2C(=O)C(C)C(C)C2=O)cc1.COC(=O)COc1ccc(N2C(=O)C(C)C(C)C2=O)cc1.COC(=O)c1ccc(N2C(=O)C(C)C(C)C2=O)cc1. The molecule has 0 spiro atoms. The molecule has 24 heteroatoms. The maximum Gasteiger partial charge on any atom is 0.344 e. The molecular weight excluding hydrogens is 1330 g/mol. The summed E-state index contributed by atoms with van der Waals surface area (Å²) in [6, 6.07) is 18.5. The molecule has 24 nitrogen and oxygen atoms in total. The molecule has 0 N–H and O–H groups in total. The standard InChI is InChI=1S/C16H17NO6.C15H17NO5.C14H15NO4.C13H20O4.C11H18O2.10CH4/c1-9-10(2)15(20)17(14(9)19)12-6-4-11(5-7-12)16(21)23-8-13(18)22-3;1-9-10(2)15(19)16(14(9)18)11-4-6-12(7-5-11)21-8-13(17)20-3;1-8-9(2)13(17)15(12(8)16)11-6-4-10(5-7-11)14(18)19-3;1-7-8(2)10-4-9(7)5-11(10)13(15)17-6-12(14)16-3;1-6-7(2)9-4-8(6)5-10(9)11(12)13-3;;;;;;;;;;/h4-7,9-10H,8H2,1-3H3;4-7,9-10H,8H2,1-3H3;4-9H,1-3H3;7-11H,4-6H2,1-3H3;6-10H,4-5H2,1-3H3;10*1H4. The molecule has 0 aromatic heterocycles. The quantitative estimate of drug-likeness (QED) is 0.0822. The van der Waals surface area contributed by atoms with Crippen molar-refractivity contribution in [1.82, 2.24) is 0 Å². The first-order valence-corrected chi connectivity index (χ1v) is 31.2. The molecule has 3 heterocycles. The lowest BCUT2D eigenvalue weighted by Crippen LogP contribution is -2.32. The zero-order chi connectivity index (χ0) is 69.0. The van der Waals surface area contributed by atoms with Gasteiger partial charge in [-0.25, -0.2) is 24.0 Å². The Bertz CT molecular complexity index is 3210. The van der Waals surface area contributed by atoms with Crippen LogP contribution in [0.15, 0.2) is 72.8 Å². The number of rotatable bonds is 14. The summed E-state index contributed by atoms with van der Waals surface area (Å²) in [7, 11) is 6.56. The van der Waals surface area contributed by atoms with Gasteiger partial charge >= 0.3 is 41.8 Å². The Morgan fingerprint density at radius 2 is 0.612 bits per heavy atom. The second-order valence-electron chi connectivity index (χ2n) is 25.0. The van der Waals surface area contributed by atoms with E-state index in [4.69, 9.17) is 18.9 Å². The largest absolute Gasteiger partial charge is 0.482 e. The van der Waals surface area contributed by atoms with Crippen molar-refractivity contribution in [1.29, 1.82) is 0 Å². The Labute approximate surface area is 615 Å². The zero-order valence-corrected chi connectivity index (χ0v) is 55.5. The number of anilines is 3. The number of methoxy groups -OCH3 is 5. The predicted molar refractivity (Wildman–Crippen MR) is 401 cm³/mol. The number of amides is 6. The van der Waals surface area contributed by atoms with Crippen molar-refractivity contribution in [2.75, 3.05) is 70.1 Å². The lowest BCUT2D eigenvalue weighted by atomic mass is 9.76. The fraction of sp³-hybridized carbons (Fsp3) is 0.608. The number of esters is 7. The van der Waals surface area contributed by atoms with Crippen LogP contribution in [-0.2, 0) is 85.9 Å². The highest BCUT2D eigenvalue weighted by Gasteiger charge is 2.53. The molecule has 3 aromatic carbocycles. The van der Waals surface area contributed by atoms with E-state index in [1.807, 2.05) is 0 Å². The van der Waals surface area contributed by atoms with Gasteiger partial charge in [-0.15, -0.1) is 0 Å². The molecule has 7 fully saturated rings. The fourth-order valence-corrected chi connectivity index (χ4v) is 13.2. The molecule has 4 saturated carbocycles. The smallest absolute Gasteiger partial charge is 0.344 e. The molecule has 4 bridgehead atoms. The van der Waals surface area contributed by atoms with Crippen LogP contribution in [0.2, 0.25) is 0 Å². The highest BCUT2D eigenvalue weighted by atomic mass is 16.6. The van der Waals surface area contributed by atoms with Crippen LogP contribution in [0.1, 0.15) is 190 Å². The first-order valence-electron chi connectivity index (χ1n) is 31.2. The van der Waals surface area contributed by atoms with E-state index in [9.17, 15) is 62.3 Å². The number of nitrogens with zero attached hydrogens (tertiary/aromatic N) is 3. The van der Waals surface area contributed by atoms with Gasteiger partial charge in [-0.05, 0) is 146 Å². The third-order valence-corrected chi connectivity index (χ3v) is 20.2. The fourth-order valence-electron chi connectivity index (χ4n) is 13.2. The Hall–Kier alpha value is -8.83. The van der Waals surface area contributed by atoms with Crippen molar-refractivity contribution < 1.29 is 100 Å². The van der Waals surface area contributed by atoms with Gasteiger partial charge in [-0.2, -0.15) is 0 Å². The van der Waals surface area contributed by atoms with E-state index >= 15 is 0 Å². The van der Waals surface area contributed by atoms with E-state index in [-0.39, 0.29) is 188 Å². The number of ether oxygens (including phenoxy) is 8. The summed E-state index contributed by atoms with van der Waals surface area (Å²) in [5, 5.41) is 0. The van der Waals surface area contributed by atoms with E-state index in [1.54, 1.807) is 77.9 Å². The van der Waals surface area contributed by atoms with Gasteiger partial charge in [-0.3, -0.25) is 53.1 Å². The first kappa shape index (κ1) is 103. The summed E-state index contributed by atoms with van der Waals surface area (Å²) in [4.78, 5) is 155. The summed E-state index contributed by atoms with van der Waals surface area (Å²) < 4.78 is 37.7. The maximum atomic E-state index is 12.1. The summed E-state index contributed by atoms with van der Waals surface area (Å²) in [5.74, 6) is -0.319. The van der Waals surface area contributed by atoms with Gasteiger partial charge in [-0.1, -0.05) is 144 Å². The molecule has 16 unspecified atom stereocenters. The number of hydrogen-bond donors (Lipinski definition) is 0.